The first kappa shape index (κ1) is 14.6. The minimum Gasteiger partial charge on any atom is -0.305 e. The van der Waals surface area contributed by atoms with Crippen LogP contribution >= 0.6 is 22.9 Å². The van der Waals surface area contributed by atoms with Crippen molar-refractivity contribution in [2.45, 2.75) is 6.54 Å². The molecule has 0 saturated carbocycles. The molecule has 0 N–H and O–H groups in total. The number of nitrogens with zero attached hydrogens (tertiary/aromatic N) is 2. The van der Waals surface area contributed by atoms with Crippen LogP contribution in [0.3, 0.4) is 0 Å². The summed E-state index contributed by atoms with van der Waals surface area (Å²) in [7, 11) is 0. The summed E-state index contributed by atoms with van der Waals surface area (Å²) in [5.41, 5.74) is 1.47. The topological polar surface area (TPSA) is 34.4 Å². The number of benzene rings is 2. The van der Waals surface area contributed by atoms with E-state index >= 15 is 0 Å². The summed E-state index contributed by atoms with van der Waals surface area (Å²) < 4.78 is 2.91. The molecule has 1 heterocycles. The molecule has 0 fully saturated rings. The zero-order chi connectivity index (χ0) is 15.5. The van der Waals surface area contributed by atoms with Gasteiger partial charge in [-0.15, -0.1) is 6.42 Å². The van der Waals surface area contributed by atoms with Gasteiger partial charge in [0.2, 0.25) is 0 Å². The van der Waals surface area contributed by atoms with Crippen molar-refractivity contribution >= 4 is 39.1 Å². The Morgan fingerprint density at radius 2 is 1.95 bits per heavy atom. The molecule has 5 heteroatoms. The van der Waals surface area contributed by atoms with E-state index in [1.807, 2.05) is 28.8 Å². The van der Waals surface area contributed by atoms with Crippen LogP contribution in [0.2, 0.25) is 5.02 Å². The third-order valence-electron chi connectivity index (χ3n) is 3.13. The summed E-state index contributed by atoms with van der Waals surface area (Å²) in [6.07, 6.45) is 5.43. The van der Waals surface area contributed by atoms with Crippen LogP contribution in [-0.4, -0.2) is 10.5 Å². The Labute approximate surface area is 136 Å². The quantitative estimate of drug-likeness (QED) is 0.661. The molecule has 3 nitrogen and oxygen atoms in total. The number of hydrogen-bond donors (Lipinski definition) is 0. The zero-order valence-electron chi connectivity index (χ0n) is 11.5. The molecule has 0 saturated heterocycles. The lowest BCUT2D eigenvalue weighted by Gasteiger charge is -1.99. The van der Waals surface area contributed by atoms with Crippen molar-refractivity contribution in [3.05, 3.63) is 63.9 Å². The van der Waals surface area contributed by atoms with Crippen LogP contribution in [0, 0.1) is 12.3 Å². The van der Waals surface area contributed by atoms with E-state index in [0.717, 1.165) is 10.2 Å². The number of carbonyl (C=O) groups is 1. The Hall–Kier alpha value is -2.35. The fourth-order valence-electron chi connectivity index (χ4n) is 2.09. The van der Waals surface area contributed by atoms with Crippen LogP contribution in [0.1, 0.15) is 10.4 Å². The highest BCUT2D eigenvalue weighted by molar-refractivity contribution is 7.16. The third kappa shape index (κ3) is 2.82. The lowest BCUT2D eigenvalue weighted by atomic mass is 10.2. The van der Waals surface area contributed by atoms with Crippen molar-refractivity contribution in [2.75, 3.05) is 0 Å². The van der Waals surface area contributed by atoms with Crippen molar-refractivity contribution in [3.63, 3.8) is 0 Å². The average Bonchev–Trinajstić information content (AvgIpc) is 2.86. The van der Waals surface area contributed by atoms with Gasteiger partial charge in [0.1, 0.15) is 0 Å². The highest BCUT2D eigenvalue weighted by atomic mass is 35.5. The average molecular weight is 327 g/mol. The molecule has 1 aromatic heterocycles. The number of halogens is 1. The number of carbonyl (C=O) groups excluding carboxylic acids is 1. The molecule has 108 valence electrons. The second-order valence-corrected chi connectivity index (χ2v) is 6.01. The normalized spacial score (nSPS) is 11.5. The van der Waals surface area contributed by atoms with Crippen LogP contribution in [0.5, 0.6) is 0 Å². The molecule has 0 radical (unpaired) electrons. The van der Waals surface area contributed by atoms with E-state index in [2.05, 4.69) is 10.9 Å². The second-order valence-electron chi connectivity index (χ2n) is 4.57. The summed E-state index contributed by atoms with van der Waals surface area (Å²) in [6, 6.07) is 14.5. The van der Waals surface area contributed by atoms with Crippen molar-refractivity contribution in [1.82, 2.24) is 4.57 Å². The fourth-order valence-corrected chi connectivity index (χ4v) is 3.25. The zero-order valence-corrected chi connectivity index (χ0v) is 13.1. The predicted molar refractivity (Wildman–Crippen MR) is 90.0 cm³/mol. The smallest absolute Gasteiger partial charge is 0.279 e. The van der Waals surface area contributed by atoms with Crippen LogP contribution in [0.15, 0.2) is 53.5 Å². The Bertz CT molecular complexity index is 945. The fraction of sp³-hybridized carbons (Fsp3) is 0.0588. The van der Waals surface area contributed by atoms with Crippen molar-refractivity contribution < 1.29 is 4.79 Å². The first-order valence-electron chi connectivity index (χ1n) is 6.55. The number of rotatable bonds is 2. The van der Waals surface area contributed by atoms with Crippen LogP contribution in [0.25, 0.3) is 10.2 Å². The predicted octanol–water partition coefficient (Wildman–Crippen LogP) is 3.73. The number of aromatic nitrogens is 1. The minimum absolute atomic E-state index is 0.311. The summed E-state index contributed by atoms with van der Waals surface area (Å²) >= 11 is 7.27. The van der Waals surface area contributed by atoms with E-state index in [-0.39, 0.29) is 5.91 Å². The molecule has 0 atom stereocenters. The van der Waals surface area contributed by atoms with Gasteiger partial charge in [0.25, 0.3) is 5.91 Å². The molecule has 0 unspecified atom stereocenters. The van der Waals surface area contributed by atoms with Gasteiger partial charge in [-0.05, 0) is 36.4 Å². The number of thiazole rings is 1. The van der Waals surface area contributed by atoms with E-state index in [1.165, 1.54) is 11.3 Å². The molecule has 0 bridgehead atoms. The Morgan fingerprint density at radius 1 is 1.23 bits per heavy atom. The highest BCUT2D eigenvalue weighted by Crippen LogP contribution is 2.17. The molecule has 3 aromatic rings. The van der Waals surface area contributed by atoms with Gasteiger partial charge in [0.05, 0.1) is 16.8 Å². The minimum atomic E-state index is -0.311. The van der Waals surface area contributed by atoms with Crippen LogP contribution < -0.4 is 4.80 Å². The SMILES string of the molecule is C#CCn1c(=NC(=O)c2ccc(Cl)cc2)sc2ccccc21. The molecule has 0 aliphatic heterocycles. The number of terminal acetylenes is 1. The van der Waals surface area contributed by atoms with Gasteiger partial charge in [-0.25, -0.2) is 0 Å². The van der Waals surface area contributed by atoms with Crippen molar-refractivity contribution in [1.29, 1.82) is 0 Å². The number of fused-ring (bicyclic) bond motifs is 1. The first-order chi connectivity index (χ1) is 10.7. The third-order valence-corrected chi connectivity index (χ3v) is 4.44. The Balaban J connectivity index is 2.12. The largest absolute Gasteiger partial charge is 0.305 e. The van der Waals surface area contributed by atoms with E-state index < -0.39 is 0 Å². The molecule has 3 rings (SSSR count). The Kier molecular flexibility index (Phi) is 4.10. The molecular formula is C17H11ClN2OS. The highest BCUT2D eigenvalue weighted by Gasteiger charge is 2.08. The maximum Gasteiger partial charge on any atom is 0.279 e. The van der Waals surface area contributed by atoms with Crippen molar-refractivity contribution in [3.8, 4) is 12.3 Å². The van der Waals surface area contributed by atoms with Gasteiger partial charge < -0.3 is 4.57 Å². The summed E-state index contributed by atoms with van der Waals surface area (Å²) in [4.78, 5) is 17.1. The lowest BCUT2D eigenvalue weighted by molar-refractivity contribution is 0.0998. The molecule has 1 amide bonds. The van der Waals surface area contributed by atoms with E-state index in [1.54, 1.807) is 24.3 Å². The molecule has 0 aliphatic carbocycles. The molecule has 22 heavy (non-hydrogen) atoms. The maximum absolute atomic E-state index is 12.3. The number of amides is 1. The first-order valence-corrected chi connectivity index (χ1v) is 7.75. The van der Waals surface area contributed by atoms with Gasteiger partial charge in [-0.3, -0.25) is 4.79 Å². The van der Waals surface area contributed by atoms with Crippen LogP contribution in [0.4, 0.5) is 0 Å². The summed E-state index contributed by atoms with van der Waals surface area (Å²) in [6.45, 7) is 0.372. The van der Waals surface area contributed by atoms with Gasteiger partial charge in [-0.2, -0.15) is 4.99 Å². The maximum atomic E-state index is 12.3. The lowest BCUT2D eigenvalue weighted by Crippen LogP contribution is -2.16. The number of para-hydroxylation sites is 1. The second kappa shape index (κ2) is 6.18. The van der Waals surface area contributed by atoms with Gasteiger partial charge in [0, 0.05) is 10.6 Å². The van der Waals surface area contributed by atoms with Gasteiger partial charge >= 0.3 is 0 Å². The molecule has 0 aliphatic rings. The summed E-state index contributed by atoms with van der Waals surface area (Å²) in [5.74, 6) is 2.29. The standard InChI is InChI=1S/C17H11ClN2OS/c1-2-11-20-14-5-3-4-6-15(14)22-17(20)19-16(21)12-7-9-13(18)10-8-12/h1,3-10H,11H2. The Morgan fingerprint density at radius 3 is 2.68 bits per heavy atom. The van der Waals surface area contributed by atoms with E-state index in [0.29, 0.717) is 21.9 Å². The monoisotopic (exact) mass is 326 g/mol. The van der Waals surface area contributed by atoms with Crippen LogP contribution in [-0.2, 0) is 6.54 Å². The van der Waals surface area contributed by atoms with E-state index in [4.69, 9.17) is 18.0 Å². The summed E-state index contributed by atoms with van der Waals surface area (Å²) in [5, 5.41) is 0.584. The molecule has 0 spiro atoms. The van der Waals surface area contributed by atoms with Gasteiger partial charge in [-0.1, -0.05) is 41.0 Å². The molecular weight excluding hydrogens is 316 g/mol. The van der Waals surface area contributed by atoms with Gasteiger partial charge in [0.15, 0.2) is 4.80 Å². The van der Waals surface area contributed by atoms with E-state index in [9.17, 15) is 4.79 Å². The molecule has 2 aromatic carbocycles. The number of hydrogen-bond acceptors (Lipinski definition) is 2. The van der Waals surface area contributed by atoms with Crippen molar-refractivity contribution in [2.24, 2.45) is 4.99 Å².